The highest BCUT2D eigenvalue weighted by atomic mass is 31.2. The molecule has 140 valence electrons. The fraction of sp³-hybridized carbons (Fsp3) is 0.273. The molecule has 0 bridgehead atoms. The van der Waals surface area contributed by atoms with Crippen LogP contribution < -0.4 is 0 Å². The van der Waals surface area contributed by atoms with E-state index < -0.39 is 7.29 Å². The van der Waals surface area contributed by atoms with Crippen LogP contribution >= 0.6 is 7.29 Å². The third-order valence-electron chi connectivity index (χ3n) is 4.78. The van der Waals surface area contributed by atoms with Gasteiger partial charge in [0, 0.05) is 35.9 Å². The van der Waals surface area contributed by atoms with Crippen molar-refractivity contribution in [3.05, 3.63) is 83.4 Å². The second-order valence-electron chi connectivity index (χ2n) is 7.12. The summed E-state index contributed by atoms with van der Waals surface area (Å²) in [5, 5.41) is 0. The SMILES string of the molecule is C[C@H]1CN(P2(=O)C=C(c3ccccc3)OC(c3ccccc3)=C2)C[C@H](C)O1. The van der Waals surface area contributed by atoms with Crippen LogP contribution in [0.3, 0.4) is 0 Å². The van der Waals surface area contributed by atoms with Crippen molar-refractivity contribution in [3.63, 3.8) is 0 Å². The van der Waals surface area contributed by atoms with Crippen LogP contribution in [0.2, 0.25) is 0 Å². The molecule has 27 heavy (non-hydrogen) atoms. The fourth-order valence-electron chi connectivity index (χ4n) is 3.59. The summed E-state index contributed by atoms with van der Waals surface area (Å²) in [7, 11) is -2.90. The Morgan fingerprint density at radius 3 is 1.70 bits per heavy atom. The minimum Gasteiger partial charge on any atom is -0.456 e. The van der Waals surface area contributed by atoms with E-state index in [1.54, 1.807) is 11.6 Å². The van der Waals surface area contributed by atoms with E-state index in [1.165, 1.54) is 0 Å². The van der Waals surface area contributed by atoms with Gasteiger partial charge in [-0.05, 0) is 13.8 Å². The standard InChI is InChI=1S/C22H24NO3P/c1-17-13-23(14-18(2)25-17)27(24)15-21(19-9-5-3-6-10-19)26-22(16-27)20-11-7-4-8-12-20/h3-12,15-18H,13-14H2,1-2H3/t17-,18-/m0/s1. The topological polar surface area (TPSA) is 38.8 Å². The fourth-order valence-corrected chi connectivity index (χ4v) is 6.03. The molecule has 0 radical (unpaired) electrons. The molecule has 2 aliphatic heterocycles. The van der Waals surface area contributed by atoms with Crippen molar-refractivity contribution in [2.24, 2.45) is 0 Å². The molecule has 0 saturated carbocycles. The predicted molar refractivity (Wildman–Crippen MR) is 109 cm³/mol. The van der Waals surface area contributed by atoms with Crippen molar-refractivity contribution in [2.45, 2.75) is 26.1 Å². The van der Waals surface area contributed by atoms with Crippen LogP contribution in [0.15, 0.2) is 72.3 Å². The molecule has 1 fully saturated rings. The van der Waals surface area contributed by atoms with Gasteiger partial charge in [0.1, 0.15) is 11.5 Å². The number of nitrogens with zero attached hydrogens (tertiary/aromatic N) is 1. The van der Waals surface area contributed by atoms with Crippen LogP contribution in [0.4, 0.5) is 0 Å². The van der Waals surface area contributed by atoms with Crippen LogP contribution in [-0.4, -0.2) is 30.0 Å². The van der Waals surface area contributed by atoms with E-state index in [1.807, 2.05) is 74.5 Å². The van der Waals surface area contributed by atoms with Gasteiger partial charge < -0.3 is 9.47 Å². The normalized spacial score (nSPS) is 25.3. The molecular formula is C22H24NO3P. The highest BCUT2D eigenvalue weighted by Gasteiger charge is 2.37. The van der Waals surface area contributed by atoms with Crippen molar-refractivity contribution in [1.82, 2.24) is 4.67 Å². The van der Waals surface area contributed by atoms with Crippen LogP contribution in [-0.2, 0) is 14.0 Å². The second-order valence-corrected chi connectivity index (χ2v) is 9.55. The summed E-state index contributed by atoms with van der Waals surface area (Å²) in [5.74, 6) is 4.90. The Labute approximate surface area is 160 Å². The Morgan fingerprint density at radius 1 is 0.815 bits per heavy atom. The van der Waals surface area contributed by atoms with Crippen LogP contribution in [0, 0.1) is 0 Å². The van der Waals surface area contributed by atoms with E-state index in [0.29, 0.717) is 24.6 Å². The minimum absolute atomic E-state index is 0.0459. The quantitative estimate of drug-likeness (QED) is 0.667. The first-order chi connectivity index (χ1) is 13.0. The van der Waals surface area contributed by atoms with Crippen LogP contribution in [0.25, 0.3) is 11.5 Å². The van der Waals surface area contributed by atoms with Crippen LogP contribution in [0.1, 0.15) is 25.0 Å². The Morgan fingerprint density at radius 2 is 1.26 bits per heavy atom. The molecule has 0 spiro atoms. The third kappa shape index (κ3) is 3.93. The molecule has 0 amide bonds. The number of morpholine rings is 1. The van der Waals surface area contributed by atoms with Gasteiger partial charge in [0.05, 0.1) is 12.2 Å². The summed E-state index contributed by atoms with van der Waals surface area (Å²) in [4.78, 5) is 0. The van der Waals surface area contributed by atoms with Gasteiger partial charge in [-0.1, -0.05) is 60.7 Å². The van der Waals surface area contributed by atoms with Gasteiger partial charge in [-0.15, -0.1) is 0 Å². The van der Waals surface area contributed by atoms with Crippen LogP contribution in [0.5, 0.6) is 0 Å². The average Bonchev–Trinajstić information content (AvgIpc) is 2.68. The first kappa shape index (κ1) is 18.2. The Hall–Kier alpha value is -2.13. The lowest BCUT2D eigenvalue weighted by atomic mass is 10.2. The molecule has 0 unspecified atom stereocenters. The van der Waals surface area contributed by atoms with E-state index in [4.69, 9.17) is 9.47 Å². The minimum atomic E-state index is -2.90. The van der Waals surface area contributed by atoms with Crippen molar-refractivity contribution in [2.75, 3.05) is 13.1 Å². The molecule has 2 aromatic carbocycles. The predicted octanol–water partition coefficient (Wildman–Crippen LogP) is 5.40. The average molecular weight is 381 g/mol. The maximum atomic E-state index is 14.1. The van der Waals surface area contributed by atoms with Gasteiger partial charge in [0.15, 0.2) is 0 Å². The molecule has 0 aromatic heterocycles. The smallest absolute Gasteiger partial charge is 0.200 e. The largest absolute Gasteiger partial charge is 0.456 e. The molecular weight excluding hydrogens is 357 g/mol. The molecule has 2 aliphatic rings. The van der Waals surface area contributed by atoms with Gasteiger partial charge in [-0.25, -0.2) is 4.67 Å². The Kier molecular flexibility index (Phi) is 5.05. The zero-order valence-electron chi connectivity index (χ0n) is 15.6. The molecule has 4 rings (SSSR count). The molecule has 2 atom stereocenters. The first-order valence-electron chi connectivity index (χ1n) is 9.28. The maximum Gasteiger partial charge on any atom is 0.200 e. The highest BCUT2D eigenvalue weighted by Crippen LogP contribution is 2.59. The number of benzene rings is 2. The highest BCUT2D eigenvalue weighted by molar-refractivity contribution is 7.68. The lowest BCUT2D eigenvalue weighted by molar-refractivity contribution is -0.0442. The Bertz CT molecular complexity index is 838. The number of hydrogen-bond donors (Lipinski definition) is 0. The third-order valence-corrected chi connectivity index (χ3v) is 7.20. The van der Waals surface area contributed by atoms with E-state index in [0.717, 1.165) is 11.1 Å². The summed E-state index contributed by atoms with van der Waals surface area (Å²) < 4.78 is 28.2. The van der Waals surface area contributed by atoms with E-state index in [9.17, 15) is 4.57 Å². The maximum absolute atomic E-state index is 14.1. The lowest BCUT2D eigenvalue weighted by Crippen LogP contribution is -2.43. The van der Waals surface area contributed by atoms with E-state index >= 15 is 0 Å². The van der Waals surface area contributed by atoms with E-state index in [-0.39, 0.29) is 12.2 Å². The number of hydrogen-bond acceptors (Lipinski definition) is 3. The Balaban J connectivity index is 1.78. The van der Waals surface area contributed by atoms with Crippen molar-refractivity contribution >= 4 is 18.8 Å². The molecule has 4 nitrogen and oxygen atoms in total. The molecule has 2 aromatic rings. The first-order valence-corrected chi connectivity index (χ1v) is 11.1. The zero-order chi connectivity index (χ0) is 18.9. The molecule has 0 N–H and O–H groups in total. The second kappa shape index (κ2) is 7.47. The van der Waals surface area contributed by atoms with Crippen molar-refractivity contribution in [3.8, 4) is 0 Å². The van der Waals surface area contributed by atoms with Gasteiger partial charge in [0.25, 0.3) is 0 Å². The molecule has 2 heterocycles. The van der Waals surface area contributed by atoms with Gasteiger partial charge >= 0.3 is 0 Å². The summed E-state index contributed by atoms with van der Waals surface area (Å²) in [6.45, 7) is 5.33. The van der Waals surface area contributed by atoms with Gasteiger partial charge in [-0.2, -0.15) is 0 Å². The van der Waals surface area contributed by atoms with Crippen molar-refractivity contribution in [1.29, 1.82) is 0 Å². The molecule has 0 aliphatic carbocycles. The van der Waals surface area contributed by atoms with E-state index in [2.05, 4.69) is 4.67 Å². The number of ether oxygens (including phenoxy) is 2. The molecule has 5 heteroatoms. The lowest BCUT2D eigenvalue weighted by Gasteiger charge is -2.39. The molecule has 1 saturated heterocycles. The zero-order valence-corrected chi connectivity index (χ0v) is 16.5. The monoisotopic (exact) mass is 381 g/mol. The summed E-state index contributed by atoms with van der Waals surface area (Å²) in [6.07, 6.45) is 0.0918. The number of rotatable bonds is 3. The summed E-state index contributed by atoms with van der Waals surface area (Å²) in [5.41, 5.74) is 1.85. The summed E-state index contributed by atoms with van der Waals surface area (Å²) >= 11 is 0. The van der Waals surface area contributed by atoms with Crippen molar-refractivity contribution < 1.29 is 14.0 Å². The summed E-state index contributed by atoms with van der Waals surface area (Å²) in [6, 6.07) is 19.7. The van der Waals surface area contributed by atoms with Gasteiger partial charge in [-0.3, -0.25) is 4.57 Å². The van der Waals surface area contributed by atoms with Gasteiger partial charge in [0.2, 0.25) is 7.29 Å².